The third-order valence-electron chi connectivity index (χ3n) is 8.55. The molecular weight excluding hydrogens is 530 g/mol. The Morgan fingerprint density at radius 1 is 1.10 bits per heavy atom. The van der Waals surface area contributed by atoms with Gasteiger partial charge in [0, 0.05) is 38.2 Å². The van der Waals surface area contributed by atoms with Gasteiger partial charge in [0.2, 0.25) is 11.8 Å². The lowest BCUT2D eigenvalue weighted by Crippen LogP contribution is -2.52. The SMILES string of the molecule is COc1nc2ccccc2cc1-c1cnc([C@@H]2CN(C[C@@H]3CCOC3)CCN2C(=O)Cn2c(C)nc3ccccc32)[nH]1. The van der Waals surface area contributed by atoms with Crippen molar-refractivity contribution in [1.82, 2.24) is 34.3 Å². The van der Waals surface area contributed by atoms with Crippen molar-refractivity contribution >= 4 is 27.8 Å². The predicted molar refractivity (Wildman–Crippen MR) is 160 cm³/mol. The number of imidazole rings is 2. The Morgan fingerprint density at radius 3 is 2.76 bits per heavy atom. The highest BCUT2D eigenvalue weighted by Crippen LogP contribution is 2.33. The van der Waals surface area contributed by atoms with Gasteiger partial charge in [-0.2, -0.15) is 0 Å². The van der Waals surface area contributed by atoms with E-state index in [-0.39, 0.29) is 18.5 Å². The smallest absolute Gasteiger partial charge is 0.243 e. The minimum absolute atomic E-state index is 0.0537. The number of piperazine rings is 1. The Kier molecular flexibility index (Phi) is 7.09. The lowest BCUT2D eigenvalue weighted by atomic mass is 10.1. The summed E-state index contributed by atoms with van der Waals surface area (Å²) in [6.07, 6.45) is 2.90. The summed E-state index contributed by atoms with van der Waals surface area (Å²) >= 11 is 0. The van der Waals surface area contributed by atoms with E-state index >= 15 is 0 Å². The number of nitrogens with zero attached hydrogens (tertiary/aromatic N) is 6. The number of nitrogens with one attached hydrogen (secondary N) is 1. The van der Waals surface area contributed by atoms with E-state index in [9.17, 15) is 4.79 Å². The van der Waals surface area contributed by atoms with E-state index < -0.39 is 0 Å². The van der Waals surface area contributed by atoms with Crippen molar-refractivity contribution in [3.05, 3.63) is 72.4 Å². The van der Waals surface area contributed by atoms with Crippen molar-refractivity contribution in [1.29, 1.82) is 0 Å². The van der Waals surface area contributed by atoms with Crippen LogP contribution in [-0.2, 0) is 16.1 Å². The zero-order valence-corrected chi connectivity index (χ0v) is 24.0. The number of H-pyrrole nitrogens is 1. The van der Waals surface area contributed by atoms with E-state index in [4.69, 9.17) is 19.4 Å². The molecule has 0 unspecified atom stereocenters. The summed E-state index contributed by atoms with van der Waals surface area (Å²) in [4.78, 5) is 36.2. The summed E-state index contributed by atoms with van der Waals surface area (Å²) in [6, 6.07) is 17.8. The zero-order valence-electron chi connectivity index (χ0n) is 24.0. The number of amides is 1. The van der Waals surface area contributed by atoms with Gasteiger partial charge in [0.15, 0.2) is 0 Å². The molecule has 5 aromatic rings. The van der Waals surface area contributed by atoms with Crippen LogP contribution < -0.4 is 4.74 Å². The van der Waals surface area contributed by atoms with Gasteiger partial charge in [0.1, 0.15) is 24.2 Å². The standard InChI is InChI=1S/C32H35N7O3/c1-21-34-26-9-5-6-10-28(26)39(21)19-30(40)38-13-12-37(17-22-11-14-42-20-22)18-29(38)31-33-16-27(35-31)24-15-23-7-3-4-8-25(23)36-32(24)41-2/h3-10,15-16,22,29H,11-14,17-20H2,1-2H3,(H,33,35)/t22-,29-/m0/s1. The first-order valence-corrected chi connectivity index (χ1v) is 14.6. The van der Waals surface area contributed by atoms with Gasteiger partial charge >= 0.3 is 0 Å². The molecule has 2 atom stereocenters. The number of hydrogen-bond acceptors (Lipinski definition) is 7. The number of carbonyl (C=O) groups excluding carboxylic acids is 1. The van der Waals surface area contributed by atoms with Crippen LogP contribution in [0.25, 0.3) is 33.2 Å². The average Bonchev–Trinajstić information content (AvgIpc) is 3.78. The first kappa shape index (κ1) is 26.6. The molecule has 42 heavy (non-hydrogen) atoms. The third kappa shape index (κ3) is 5.01. The number of para-hydroxylation sites is 3. The van der Waals surface area contributed by atoms with Gasteiger partial charge in [-0.05, 0) is 43.5 Å². The van der Waals surface area contributed by atoms with Gasteiger partial charge in [-0.25, -0.2) is 15.0 Å². The van der Waals surface area contributed by atoms with Crippen LogP contribution in [0.15, 0.2) is 60.8 Å². The molecule has 10 nitrogen and oxygen atoms in total. The van der Waals surface area contributed by atoms with E-state index in [0.29, 0.717) is 24.9 Å². The Hall–Kier alpha value is -4.28. The number of aromatic amines is 1. The number of carbonyl (C=O) groups is 1. The van der Waals surface area contributed by atoms with Crippen LogP contribution in [0.1, 0.15) is 24.1 Å². The van der Waals surface area contributed by atoms with Crippen LogP contribution in [0, 0.1) is 12.8 Å². The Bertz CT molecular complexity index is 1740. The second kappa shape index (κ2) is 11.2. The first-order chi connectivity index (χ1) is 20.6. The van der Waals surface area contributed by atoms with Crippen molar-refractivity contribution < 1.29 is 14.3 Å². The number of ether oxygens (including phenoxy) is 2. The minimum atomic E-state index is -0.225. The van der Waals surface area contributed by atoms with Gasteiger partial charge in [-0.1, -0.05) is 30.3 Å². The first-order valence-electron chi connectivity index (χ1n) is 14.6. The zero-order chi connectivity index (χ0) is 28.6. The molecule has 0 bridgehead atoms. The summed E-state index contributed by atoms with van der Waals surface area (Å²) in [6.45, 7) is 6.92. The van der Waals surface area contributed by atoms with Crippen LogP contribution >= 0.6 is 0 Å². The molecule has 2 saturated heterocycles. The summed E-state index contributed by atoms with van der Waals surface area (Å²) in [5.74, 6) is 2.70. The molecule has 2 aliphatic heterocycles. The van der Waals surface area contributed by atoms with Gasteiger partial charge in [-0.3, -0.25) is 9.69 Å². The summed E-state index contributed by atoms with van der Waals surface area (Å²) < 4.78 is 13.3. The van der Waals surface area contributed by atoms with Gasteiger partial charge in [0.05, 0.1) is 47.7 Å². The number of rotatable bonds is 7. The largest absolute Gasteiger partial charge is 0.480 e. The molecule has 1 amide bonds. The lowest BCUT2D eigenvalue weighted by molar-refractivity contribution is -0.137. The molecule has 0 spiro atoms. The van der Waals surface area contributed by atoms with E-state index in [1.165, 1.54) is 0 Å². The van der Waals surface area contributed by atoms with Crippen LogP contribution in [0.4, 0.5) is 0 Å². The van der Waals surface area contributed by atoms with Crippen LogP contribution in [0.5, 0.6) is 5.88 Å². The monoisotopic (exact) mass is 565 g/mol. The van der Waals surface area contributed by atoms with Crippen molar-refractivity contribution in [2.24, 2.45) is 5.92 Å². The number of pyridine rings is 1. The lowest BCUT2D eigenvalue weighted by Gasteiger charge is -2.41. The number of fused-ring (bicyclic) bond motifs is 2. The molecule has 10 heteroatoms. The molecular formula is C32H35N7O3. The second-order valence-electron chi connectivity index (χ2n) is 11.2. The highest BCUT2D eigenvalue weighted by Gasteiger charge is 2.35. The fourth-order valence-electron chi connectivity index (χ4n) is 6.34. The normalized spacial score (nSPS) is 19.6. The minimum Gasteiger partial charge on any atom is -0.480 e. The number of aromatic nitrogens is 5. The number of methoxy groups -OCH3 is 1. The second-order valence-corrected chi connectivity index (χ2v) is 11.2. The topological polar surface area (TPSA) is 101 Å². The molecule has 0 radical (unpaired) electrons. The third-order valence-corrected chi connectivity index (χ3v) is 8.55. The van der Waals surface area contributed by atoms with E-state index in [0.717, 1.165) is 77.6 Å². The molecule has 1 N–H and O–H groups in total. The summed E-state index contributed by atoms with van der Waals surface area (Å²) in [5.41, 5.74) is 4.39. The van der Waals surface area contributed by atoms with Gasteiger partial charge in [0.25, 0.3) is 0 Å². The summed E-state index contributed by atoms with van der Waals surface area (Å²) in [5, 5.41) is 1.02. The number of aryl methyl sites for hydroxylation is 1. The van der Waals surface area contributed by atoms with E-state index in [2.05, 4.69) is 20.9 Å². The fraction of sp³-hybridized carbons (Fsp3) is 0.375. The highest BCUT2D eigenvalue weighted by molar-refractivity contribution is 5.85. The van der Waals surface area contributed by atoms with Crippen molar-refractivity contribution in [3.8, 4) is 17.1 Å². The molecule has 2 fully saturated rings. The van der Waals surface area contributed by atoms with E-state index in [1.807, 2.05) is 71.1 Å². The quantitative estimate of drug-likeness (QED) is 0.315. The Labute approximate surface area is 244 Å². The Balaban J connectivity index is 1.20. The van der Waals surface area contributed by atoms with E-state index in [1.54, 1.807) is 7.11 Å². The van der Waals surface area contributed by atoms with Gasteiger partial charge < -0.3 is 23.9 Å². The maximum absolute atomic E-state index is 14.0. The van der Waals surface area contributed by atoms with Gasteiger partial charge in [-0.15, -0.1) is 0 Å². The maximum atomic E-state index is 14.0. The van der Waals surface area contributed by atoms with Crippen LogP contribution in [0.2, 0.25) is 0 Å². The average molecular weight is 566 g/mol. The van der Waals surface area contributed by atoms with Crippen molar-refractivity contribution in [2.75, 3.05) is 46.5 Å². The predicted octanol–water partition coefficient (Wildman–Crippen LogP) is 4.21. The molecule has 2 aliphatic rings. The van der Waals surface area contributed by atoms with Crippen molar-refractivity contribution in [3.63, 3.8) is 0 Å². The fourth-order valence-corrected chi connectivity index (χ4v) is 6.34. The molecule has 7 rings (SSSR count). The molecule has 0 aliphatic carbocycles. The van der Waals surface area contributed by atoms with Crippen LogP contribution in [0.3, 0.4) is 0 Å². The van der Waals surface area contributed by atoms with Crippen molar-refractivity contribution in [2.45, 2.75) is 25.9 Å². The maximum Gasteiger partial charge on any atom is 0.243 e. The number of hydrogen-bond donors (Lipinski definition) is 1. The number of benzene rings is 2. The Morgan fingerprint density at radius 2 is 1.93 bits per heavy atom. The molecule has 216 valence electrons. The highest BCUT2D eigenvalue weighted by atomic mass is 16.5. The molecule has 3 aromatic heterocycles. The molecule has 2 aromatic carbocycles. The molecule has 0 saturated carbocycles. The molecule has 5 heterocycles. The summed E-state index contributed by atoms with van der Waals surface area (Å²) in [7, 11) is 1.63. The van der Waals surface area contributed by atoms with Crippen LogP contribution in [-0.4, -0.2) is 86.7 Å².